The van der Waals surface area contributed by atoms with Gasteiger partial charge in [-0.25, -0.2) is 13.1 Å². The predicted octanol–water partition coefficient (Wildman–Crippen LogP) is 2.89. The van der Waals surface area contributed by atoms with E-state index < -0.39 is 10.0 Å². The molecular formula is C14H15BrN2O2S. The first-order chi connectivity index (χ1) is 9.54. The first-order valence-electron chi connectivity index (χ1n) is 6.21. The Morgan fingerprint density at radius 3 is 2.65 bits per heavy atom. The Morgan fingerprint density at radius 2 is 1.95 bits per heavy atom. The molecule has 0 atom stereocenters. The highest BCUT2D eigenvalue weighted by molar-refractivity contribution is 9.10. The highest BCUT2D eigenvalue weighted by Crippen LogP contribution is 2.21. The Morgan fingerprint density at radius 1 is 1.20 bits per heavy atom. The van der Waals surface area contributed by atoms with Gasteiger partial charge in [-0.2, -0.15) is 0 Å². The maximum absolute atomic E-state index is 12.3. The van der Waals surface area contributed by atoms with Crippen molar-refractivity contribution in [2.45, 2.75) is 24.8 Å². The Bertz CT molecular complexity index is 702. The number of nitrogens with zero attached hydrogens (tertiary/aromatic N) is 1. The van der Waals surface area contributed by atoms with Gasteiger partial charge in [-0.3, -0.25) is 4.98 Å². The van der Waals surface area contributed by atoms with Crippen LogP contribution in [0.15, 0.2) is 52.0 Å². The SMILES string of the molecule is CCc1cccnc1CNS(=O)(=O)c1ccccc1Br. The van der Waals surface area contributed by atoms with Crippen LogP contribution in [0.4, 0.5) is 0 Å². The molecule has 6 heteroatoms. The second-order valence-electron chi connectivity index (χ2n) is 4.22. The van der Waals surface area contributed by atoms with Gasteiger partial charge in [0.05, 0.1) is 17.1 Å². The van der Waals surface area contributed by atoms with Crippen molar-refractivity contribution in [3.05, 3.63) is 58.3 Å². The van der Waals surface area contributed by atoms with E-state index in [1.807, 2.05) is 19.1 Å². The lowest BCUT2D eigenvalue weighted by molar-refractivity contribution is 0.579. The summed E-state index contributed by atoms with van der Waals surface area (Å²) >= 11 is 3.25. The van der Waals surface area contributed by atoms with E-state index in [9.17, 15) is 8.42 Å². The minimum Gasteiger partial charge on any atom is -0.260 e. The summed E-state index contributed by atoms with van der Waals surface area (Å²) < 4.78 is 27.6. The molecule has 1 N–H and O–H groups in total. The molecule has 106 valence electrons. The number of benzene rings is 1. The van der Waals surface area contributed by atoms with E-state index in [-0.39, 0.29) is 11.4 Å². The summed E-state index contributed by atoms with van der Waals surface area (Å²) in [6, 6.07) is 10.5. The molecule has 20 heavy (non-hydrogen) atoms. The molecule has 0 aliphatic rings. The molecule has 0 aliphatic carbocycles. The smallest absolute Gasteiger partial charge is 0.242 e. The average Bonchev–Trinajstić information content (AvgIpc) is 2.46. The molecule has 0 unspecified atom stereocenters. The van der Waals surface area contributed by atoms with Crippen LogP contribution in [-0.4, -0.2) is 13.4 Å². The van der Waals surface area contributed by atoms with Crippen molar-refractivity contribution in [1.29, 1.82) is 0 Å². The number of rotatable bonds is 5. The Balaban J connectivity index is 2.20. The molecule has 4 nitrogen and oxygen atoms in total. The van der Waals surface area contributed by atoms with Crippen LogP contribution in [0, 0.1) is 0 Å². The number of sulfonamides is 1. The minimum absolute atomic E-state index is 0.188. The summed E-state index contributed by atoms with van der Waals surface area (Å²) in [5.41, 5.74) is 1.80. The van der Waals surface area contributed by atoms with E-state index in [4.69, 9.17) is 0 Å². The number of aryl methyl sites for hydroxylation is 1. The van der Waals surface area contributed by atoms with Crippen LogP contribution in [0.25, 0.3) is 0 Å². The summed E-state index contributed by atoms with van der Waals surface area (Å²) in [7, 11) is -3.55. The quantitative estimate of drug-likeness (QED) is 0.897. The maximum atomic E-state index is 12.3. The van der Waals surface area contributed by atoms with Crippen molar-refractivity contribution < 1.29 is 8.42 Å². The Hall–Kier alpha value is -1.24. The number of aromatic nitrogens is 1. The zero-order chi connectivity index (χ0) is 14.6. The summed E-state index contributed by atoms with van der Waals surface area (Å²) in [5, 5.41) is 0. The van der Waals surface area contributed by atoms with E-state index in [0.29, 0.717) is 4.47 Å². The zero-order valence-corrected chi connectivity index (χ0v) is 13.4. The van der Waals surface area contributed by atoms with E-state index in [2.05, 4.69) is 25.6 Å². The van der Waals surface area contributed by atoms with Crippen molar-refractivity contribution in [2.24, 2.45) is 0 Å². The van der Waals surface area contributed by atoms with E-state index >= 15 is 0 Å². The molecule has 1 heterocycles. The van der Waals surface area contributed by atoms with Gasteiger partial charge >= 0.3 is 0 Å². The van der Waals surface area contributed by atoms with Crippen LogP contribution >= 0.6 is 15.9 Å². The molecular weight excluding hydrogens is 340 g/mol. The first-order valence-corrected chi connectivity index (χ1v) is 8.49. The van der Waals surface area contributed by atoms with Crippen molar-refractivity contribution in [1.82, 2.24) is 9.71 Å². The molecule has 0 amide bonds. The third-order valence-corrected chi connectivity index (χ3v) is 5.33. The van der Waals surface area contributed by atoms with Gasteiger partial charge in [-0.05, 0) is 46.1 Å². The third-order valence-electron chi connectivity index (χ3n) is 2.92. The largest absolute Gasteiger partial charge is 0.260 e. The summed E-state index contributed by atoms with van der Waals surface area (Å²) in [5.74, 6) is 0. The Kier molecular flexibility index (Phi) is 4.91. The fourth-order valence-corrected chi connectivity index (χ4v) is 3.84. The van der Waals surface area contributed by atoms with Crippen LogP contribution in [0.5, 0.6) is 0 Å². The molecule has 0 fully saturated rings. The summed E-state index contributed by atoms with van der Waals surface area (Å²) in [6.07, 6.45) is 2.49. The van der Waals surface area contributed by atoms with Crippen molar-refractivity contribution in [3.8, 4) is 0 Å². The second kappa shape index (κ2) is 6.47. The topological polar surface area (TPSA) is 59.1 Å². The Labute approximate surface area is 127 Å². The van der Waals surface area contributed by atoms with Gasteiger partial charge in [0.15, 0.2) is 0 Å². The van der Waals surface area contributed by atoms with Crippen molar-refractivity contribution >= 4 is 26.0 Å². The normalized spacial score (nSPS) is 11.5. The maximum Gasteiger partial charge on any atom is 0.242 e. The average molecular weight is 355 g/mol. The van der Waals surface area contributed by atoms with Gasteiger partial charge in [0, 0.05) is 10.7 Å². The van der Waals surface area contributed by atoms with Crippen molar-refractivity contribution in [2.75, 3.05) is 0 Å². The van der Waals surface area contributed by atoms with Crippen LogP contribution in [0.2, 0.25) is 0 Å². The summed E-state index contributed by atoms with van der Waals surface area (Å²) in [6.45, 7) is 2.20. The van der Waals surface area contributed by atoms with E-state index in [1.165, 1.54) is 0 Å². The fraction of sp³-hybridized carbons (Fsp3) is 0.214. The van der Waals surface area contributed by atoms with Crippen LogP contribution in [-0.2, 0) is 23.0 Å². The van der Waals surface area contributed by atoms with Crippen LogP contribution in [0.1, 0.15) is 18.2 Å². The summed E-state index contributed by atoms with van der Waals surface area (Å²) in [4.78, 5) is 4.46. The lowest BCUT2D eigenvalue weighted by Crippen LogP contribution is -2.24. The molecule has 0 radical (unpaired) electrons. The fourth-order valence-electron chi connectivity index (χ4n) is 1.86. The first kappa shape index (κ1) is 15.2. The van der Waals surface area contributed by atoms with Crippen LogP contribution in [0.3, 0.4) is 0 Å². The monoisotopic (exact) mass is 354 g/mol. The predicted molar refractivity (Wildman–Crippen MR) is 81.8 cm³/mol. The van der Waals surface area contributed by atoms with Gasteiger partial charge in [0.1, 0.15) is 0 Å². The third kappa shape index (κ3) is 3.45. The number of pyridine rings is 1. The van der Waals surface area contributed by atoms with E-state index in [1.54, 1.807) is 30.5 Å². The highest BCUT2D eigenvalue weighted by Gasteiger charge is 2.17. The van der Waals surface area contributed by atoms with Gasteiger partial charge < -0.3 is 0 Å². The molecule has 2 rings (SSSR count). The minimum atomic E-state index is -3.55. The molecule has 0 saturated heterocycles. The van der Waals surface area contributed by atoms with Gasteiger partial charge in [-0.1, -0.05) is 25.1 Å². The number of hydrogen-bond acceptors (Lipinski definition) is 3. The number of hydrogen-bond donors (Lipinski definition) is 1. The second-order valence-corrected chi connectivity index (χ2v) is 6.81. The lowest BCUT2D eigenvalue weighted by atomic mass is 10.1. The standard InChI is InChI=1S/C14H15BrN2O2S/c1-2-11-6-5-9-16-13(11)10-17-20(18,19)14-8-4-3-7-12(14)15/h3-9,17H,2,10H2,1H3. The highest BCUT2D eigenvalue weighted by atomic mass is 79.9. The molecule has 0 aliphatic heterocycles. The van der Waals surface area contributed by atoms with E-state index in [0.717, 1.165) is 17.7 Å². The van der Waals surface area contributed by atoms with Gasteiger partial charge in [-0.15, -0.1) is 0 Å². The van der Waals surface area contributed by atoms with Gasteiger partial charge in [0.25, 0.3) is 0 Å². The van der Waals surface area contributed by atoms with Gasteiger partial charge in [0.2, 0.25) is 10.0 Å². The molecule has 1 aromatic carbocycles. The van der Waals surface area contributed by atoms with Crippen LogP contribution < -0.4 is 4.72 Å². The zero-order valence-electron chi connectivity index (χ0n) is 11.0. The lowest BCUT2D eigenvalue weighted by Gasteiger charge is -2.10. The van der Waals surface area contributed by atoms with Crippen molar-refractivity contribution in [3.63, 3.8) is 0 Å². The molecule has 0 bridgehead atoms. The number of halogens is 1. The molecule has 0 saturated carbocycles. The molecule has 2 aromatic rings. The molecule has 0 spiro atoms. The molecule has 1 aromatic heterocycles. The number of nitrogens with one attached hydrogen (secondary N) is 1.